The average molecular weight is 362 g/mol. The lowest BCUT2D eigenvalue weighted by molar-refractivity contribution is -0.0827. The molecule has 1 fully saturated rings. The Hall–Kier alpha value is -0.643. The van der Waals surface area contributed by atoms with Crippen LogP contribution < -0.4 is 0 Å². The monoisotopic (exact) mass is 361 g/mol. The van der Waals surface area contributed by atoms with Crippen molar-refractivity contribution >= 4 is 9.04 Å². The Labute approximate surface area is 156 Å². The first kappa shape index (κ1) is 20.7. The first-order chi connectivity index (χ1) is 11.7. The molecule has 0 amide bonds. The molecule has 1 radical (unpaired) electrons. The van der Waals surface area contributed by atoms with Crippen molar-refractivity contribution in [1.82, 2.24) is 0 Å². The van der Waals surface area contributed by atoms with E-state index in [2.05, 4.69) is 46.0 Å². The van der Waals surface area contributed by atoms with Gasteiger partial charge in [0.25, 0.3) is 0 Å². The highest BCUT2D eigenvalue weighted by molar-refractivity contribution is 6.48. The van der Waals surface area contributed by atoms with E-state index in [1.165, 1.54) is 19.3 Å². The van der Waals surface area contributed by atoms with Crippen LogP contribution in [0.2, 0.25) is 13.1 Å². The molecule has 3 heteroatoms. The molecule has 1 aromatic rings. The van der Waals surface area contributed by atoms with E-state index in [0.29, 0.717) is 5.41 Å². The molecule has 25 heavy (non-hydrogen) atoms. The van der Waals surface area contributed by atoms with Crippen molar-refractivity contribution in [3.8, 4) is 0 Å². The average Bonchev–Trinajstić information content (AvgIpc) is 2.55. The van der Waals surface area contributed by atoms with Gasteiger partial charge in [0.2, 0.25) is 9.04 Å². The molecule has 3 atom stereocenters. The minimum atomic E-state index is -0.861. The van der Waals surface area contributed by atoms with E-state index in [1.807, 2.05) is 18.2 Å². The number of rotatable bonds is 3. The predicted octanol–water partition coefficient (Wildman–Crippen LogP) is 5.92. The van der Waals surface area contributed by atoms with Gasteiger partial charge in [-0.3, -0.25) is 0 Å². The molecule has 1 aromatic carbocycles. The Kier molecular flexibility index (Phi) is 7.30. The van der Waals surface area contributed by atoms with Gasteiger partial charge in [0.15, 0.2) is 0 Å². The van der Waals surface area contributed by atoms with Crippen molar-refractivity contribution in [2.45, 2.75) is 90.5 Å². The molecule has 0 spiro atoms. The van der Waals surface area contributed by atoms with Crippen LogP contribution in [0.3, 0.4) is 0 Å². The number of aliphatic hydroxyl groups is 1. The zero-order chi connectivity index (χ0) is 18.5. The standard InChI is InChI=1S/C22H37O2Si/c1-21(2,3)18-12-9-10-17-22(23,19-13-7-6-8-14-19)20(16-11-15-18)24-25(4)5/h6-8,13-14,18,20,23H,9-12,15-17H2,1-5H3. The largest absolute Gasteiger partial charge is 0.411 e. The van der Waals surface area contributed by atoms with E-state index in [9.17, 15) is 5.11 Å². The highest BCUT2D eigenvalue weighted by atomic mass is 28.3. The van der Waals surface area contributed by atoms with Crippen molar-refractivity contribution in [2.75, 3.05) is 0 Å². The summed E-state index contributed by atoms with van der Waals surface area (Å²) in [6.45, 7) is 11.5. The molecule has 1 saturated carbocycles. The zero-order valence-corrected chi connectivity index (χ0v) is 17.8. The summed E-state index contributed by atoms with van der Waals surface area (Å²) in [6, 6.07) is 10.2. The maximum absolute atomic E-state index is 11.7. The third-order valence-corrected chi connectivity index (χ3v) is 6.54. The summed E-state index contributed by atoms with van der Waals surface area (Å²) in [5.74, 6) is 0.768. The number of hydrogen-bond acceptors (Lipinski definition) is 2. The fraction of sp³-hybridized carbons (Fsp3) is 0.727. The van der Waals surface area contributed by atoms with Gasteiger partial charge in [-0.1, -0.05) is 70.4 Å². The minimum absolute atomic E-state index is 0.0856. The Balaban J connectivity index is 2.23. The molecule has 1 N–H and O–H groups in total. The summed E-state index contributed by atoms with van der Waals surface area (Å²) in [5.41, 5.74) is 0.546. The van der Waals surface area contributed by atoms with Gasteiger partial charge < -0.3 is 9.53 Å². The van der Waals surface area contributed by atoms with Crippen molar-refractivity contribution < 1.29 is 9.53 Å². The van der Waals surface area contributed by atoms with Crippen LogP contribution in [0.15, 0.2) is 30.3 Å². The first-order valence-corrected chi connectivity index (χ1v) is 12.4. The third-order valence-electron chi connectivity index (χ3n) is 5.79. The van der Waals surface area contributed by atoms with Crippen LogP contribution in [-0.4, -0.2) is 20.3 Å². The molecule has 0 bridgehead atoms. The van der Waals surface area contributed by atoms with Crippen LogP contribution in [0.5, 0.6) is 0 Å². The van der Waals surface area contributed by atoms with Crippen LogP contribution in [0, 0.1) is 11.3 Å². The fourth-order valence-electron chi connectivity index (χ4n) is 4.24. The SMILES string of the molecule is C[Si](C)OC1CCCC(C(C)(C)C)CCCCC1(O)c1ccccc1. The molecule has 2 rings (SSSR count). The van der Waals surface area contributed by atoms with E-state index in [1.54, 1.807) is 0 Å². The first-order valence-electron chi connectivity index (χ1n) is 9.98. The summed E-state index contributed by atoms with van der Waals surface area (Å²) >= 11 is 0. The Morgan fingerprint density at radius 1 is 1.00 bits per heavy atom. The summed E-state index contributed by atoms with van der Waals surface area (Å²) < 4.78 is 6.37. The van der Waals surface area contributed by atoms with Crippen LogP contribution in [0.1, 0.15) is 71.3 Å². The van der Waals surface area contributed by atoms with Gasteiger partial charge in [0.05, 0.1) is 6.10 Å². The highest BCUT2D eigenvalue weighted by Crippen LogP contribution is 2.40. The second kappa shape index (κ2) is 8.83. The highest BCUT2D eigenvalue weighted by Gasteiger charge is 2.40. The molecule has 0 aliphatic heterocycles. The smallest absolute Gasteiger partial charge is 0.205 e. The van der Waals surface area contributed by atoms with Gasteiger partial charge >= 0.3 is 0 Å². The van der Waals surface area contributed by atoms with E-state index >= 15 is 0 Å². The lowest BCUT2D eigenvalue weighted by Crippen LogP contribution is -2.44. The second-order valence-corrected chi connectivity index (χ2v) is 11.1. The van der Waals surface area contributed by atoms with Crippen molar-refractivity contribution in [3.63, 3.8) is 0 Å². The van der Waals surface area contributed by atoms with E-state index in [0.717, 1.165) is 37.2 Å². The lowest BCUT2D eigenvalue weighted by Gasteiger charge is -2.40. The molecule has 1 aliphatic rings. The van der Waals surface area contributed by atoms with Crippen LogP contribution in [0.4, 0.5) is 0 Å². The van der Waals surface area contributed by atoms with E-state index < -0.39 is 14.6 Å². The minimum Gasteiger partial charge on any atom is -0.411 e. The Bertz CT molecular complexity index is 509. The topological polar surface area (TPSA) is 29.5 Å². The maximum Gasteiger partial charge on any atom is 0.205 e. The second-order valence-electron chi connectivity index (χ2n) is 9.04. The number of hydrogen-bond donors (Lipinski definition) is 1. The Morgan fingerprint density at radius 2 is 1.64 bits per heavy atom. The normalized spacial score (nSPS) is 29.6. The van der Waals surface area contributed by atoms with Gasteiger partial charge in [0, 0.05) is 0 Å². The summed E-state index contributed by atoms with van der Waals surface area (Å²) in [5, 5.41) is 11.7. The Morgan fingerprint density at radius 3 is 2.24 bits per heavy atom. The predicted molar refractivity (Wildman–Crippen MR) is 108 cm³/mol. The molecular weight excluding hydrogens is 324 g/mol. The molecule has 3 unspecified atom stereocenters. The van der Waals surface area contributed by atoms with Gasteiger partial charge in [-0.15, -0.1) is 0 Å². The lowest BCUT2D eigenvalue weighted by atomic mass is 9.72. The molecule has 2 nitrogen and oxygen atoms in total. The molecule has 0 saturated heterocycles. The third kappa shape index (κ3) is 5.67. The van der Waals surface area contributed by atoms with E-state index in [4.69, 9.17) is 4.43 Å². The van der Waals surface area contributed by atoms with Crippen LogP contribution >= 0.6 is 0 Å². The van der Waals surface area contributed by atoms with Crippen LogP contribution in [-0.2, 0) is 10.0 Å². The van der Waals surface area contributed by atoms with Gasteiger partial charge in [-0.05, 0) is 55.7 Å². The summed E-state index contributed by atoms with van der Waals surface area (Å²) in [6.07, 6.45) is 7.57. The summed E-state index contributed by atoms with van der Waals surface area (Å²) in [4.78, 5) is 0. The van der Waals surface area contributed by atoms with Gasteiger partial charge in [-0.25, -0.2) is 0 Å². The molecule has 141 valence electrons. The molecular formula is C22H37O2Si. The zero-order valence-electron chi connectivity index (χ0n) is 16.8. The van der Waals surface area contributed by atoms with Gasteiger partial charge in [-0.2, -0.15) is 0 Å². The fourth-order valence-corrected chi connectivity index (χ4v) is 5.12. The van der Waals surface area contributed by atoms with Crippen molar-refractivity contribution in [1.29, 1.82) is 0 Å². The van der Waals surface area contributed by atoms with Gasteiger partial charge in [0.1, 0.15) is 5.60 Å². The van der Waals surface area contributed by atoms with E-state index in [-0.39, 0.29) is 6.10 Å². The molecule has 0 heterocycles. The van der Waals surface area contributed by atoms with Crippen LogP contribution in [0.25, 0.3) is 0 Å². The number of benzene rings is 1. The quantitative estimate of drug-likeness (QED) is 0.677. The molecule has 0 aromatic heterocycles. The van der Waals surface area contributed by atoms with Crippen molar-refractivity contribution in [3.05, 3.63) is 35.9 Å². The van der Waals surface area contributed by atoms with Crippen molar-refractivity contribution in [2.24, 2.45) is 11.3 Å². The summed E-state index contributed by atoms with van der Waals surface area (Å²) in [7, 11) is -0.861. The molecule has 1 aliphatic carbocycles. The maximum atomic E-state index is 11.7.